The maximum Gasteiger partial charge on any atom is 0.322 e. The molecule has 0 amide bonds. The summed E-state index contributed by atoms with van der Waals surface area (Å²) in [4.78, 5) is 11.7. The fourth-order valence-electron chi connectivity index (χ4n) is 1.28. The molecule has 0 bridgehead atoms. The summed E-state index contributed by atoms with van der Waals surface area (Å²) in [6.07, 6.45) is 0. The Balaban J connectivity index is 2.22. The van der Waals surface area contributed by atoms with E-state index in [1.807, 2.05) is 6.07 Å². The molecular weight excluding hydrogens is 232 g/mol. The molecule has 0 aliphatic carbocycles. The van der Waals surface area contributed by atoms with Gasteiger partial charge in [-0.2, -0.15) is 20.2 Å². The molecular formula is C11H10N6O. The second-order valence-corrected chi connectivity index (χ2v) is 3.32. The van der Waals surface area contributed by atoms with Crippen LogP contribution < -0.4 is 15.8 Å². The molecule has 0 aliphatic heterocycles. The molecule has 7 heteroatoms. The smallest absolute Gasteiger partial charge is 0.322 e. The number of nitrogen functional groups attached to an aromatic ring is 1. The Labute approximate surface area is 103 Å². The normalized spacial score (nSPS) is 9.56. The van der Waals surface area contributed by atoms with Gasteiger partial charge in [0.05, 0.1) is 18.7 Å². The van der Waals surface area contributed by atoms with E-state index in [2.05, 4.69) is 20.3 Å². The number of nitrogens with two attached hydrogens (primary N) is 1. The maximum atomic E-state index is 8.69. The average Bonchev–Trinajstić information content (AvgIpc) is 2.39. The van der Waals surface area contributed by atoms with Crippen LogP contribution in [0.2, 0.25) is 0 Å². The van der Waals surface area contributed by atoms with Gasteiger partial charge in [0.2, 0.25) is 11.9 Å². The Morgan fingerprint density at radius 1 is 1.22 bits per heavy atom. The first-order valence-corrected chi connectivity index (χ1v) is 5.04. The lowest BCUT2D eigenvalue weighted by atomic mass is 10.2. The largest absolute Gasteiger partial charge is 0.467 e. The van der Waals surface area contributed by atoms with Crippen LogP contribution in [0.15, 0.2) is 24.3 Å². The third-order valence-corrected chi connectivity index (χ3v) is 2.08. The van der Waals surface area contributed by atoms with Crippen molar-refractivity contribution < 1.29 is 4.74 Å². The average molecular weight is 242 g/mol. The van der Waals surface area contributed by atoms with E-state index < -0.39 is 0 Å². The fourth-order valence-corrected chi connectivity index (χ4v) is 1.28. The predicted molar refractivity (Wildman–Crippen MR) is 65.2 cm³/mol. The maximum absolute atomic E-state index is 8.69. The number of benzene rings is 1. The zero-order chi connectivity index (χ0) is 13.0. The van der Waals surface area contributed by atoms with Crippen LogP contribution in [-0.2, 0) is 0 Å². The Kier molecular flexibility index (Phi) is 3.20. The molecule has 0 fully saturated rings. The lowest BCUT2D eigenvalue weighted by molar-refractivity contribution is 0.380. The van der Waals surface area contributed by atoms with Gasteiger partial charge in [0.15, 0.2) is 0 Å². The van der Waals surface area contributed by atoms with Crippen molar-refractivity contribution >= 4 is 17.6 Å². The van der Waals surface area contributed by atoms with E-state index in [1.165, 1.54) is 7.11 Å². The number of ether oxygens (including phenoxy) is 1. The van der Waals surface area contributed by atoms with Crippen molar-refractivity contribution in [3.63, 3.8) is 0 Å². The predicted octanol–water partition coefficient (Wildman–Crippen LogP) is 1.08. The van der Waals surface area contributed by atoms with Crippen LogP contribution in [0.25, 0.3) is 0 Å². The first-order valence-electron chi connectivity index (χ1n) is 5.04. The van der Waals surface area contributed by atoms with E-state index in [0.29, 0.717) is 5.56 Å². The van der Waals surface area contributed by atoms with Crippen LogP contribution in [0.3, 0.4) is 0 Å². The van der Waals surface area contributed by atoms with Gasteiger partial charge in [0.1, 0.15) is 0 Å². The lowest BCUT2D eigenvalue weighted by Gasteiger charge is -2.06. The van der Waals surface area contributed by atoms with E-state index in [-0.39, 0.29) is 17.9 Å². The molecule has 1 aromatic heterocycles. The highest BCUT2D eigenvalue weighted by Gasteiger charge is 2.04. The Morgan fingerprint density at radius 3 is 2.56 bits per heavy atom. The van der Waals surface area contributed by atoms with Gasteiger partial charge >= 0.3 is 6.01 Å². The summed E-state index contributed by atoms with van der Waals surface area (Å²) in [7, 11) is 1.44. The van der Waals surface area contributed by atoms with Gasteiger partial charge in [-0.05, 0) is 24.3 Å². The molecule has 0 aliphatic rings. The van der Waals surface area contributed by atoms with Gasteiger partial charge in [-0.15, -0.1) is 0 Å². The number of aromatic nitrogens is 3. The summed E-state index contributed by atoms with van der Waals surface area (Å²) < 4.78 is 4.88. The highest BCUT2D eigenvalue weighted by atomic mass is 16.5. The summed E-state index contributed by atoms with van der Waals surface area (Å²) in [5.74, 6) is 0.349. The van der Waals surface area contributed by atoms with Crippen LogP contribution in [0, 0.1) is 11.3 Å². The van der Waals surface area contributed by atoms with E-state index in [4.69, 9.17) is 15.7 Å². The number of rotatable bonds is 3. The number of hydrogen-bond donors (Lipinski definition) is 2. The minimum absolute atomic E-state index is 0.0676. The van der Waals surface area contributed by atoms with Gasteiger partial charge in [-0.3, -0.25) is 0 Å². The number of nitriles is 1. The lowest BCUT2D eigenvalue weighted by Crippen LogP contribution is -2.05. The van der Waals surface area contributed by atoms with Crippen molar-refractivity contribution in [2.24, 2.45) is 0 Å². The molecule has 3 N–H and O–H groups in total. The van der Waals surface area contributed by atoms with Crippen LogP contribution in [0.1, 0.15) is 5.56 Å². The second-order valence-electron chi connectivity index (χ2n) is 3.32. The van der Waals surface area contributed by atoms with Gasteiger partial charge in [-0.1, -0.05) is 0 Å². The quantitative estimate of drug-likeness (QED) is 0.828. The first kappa shape index (κ1) is 11.6. The molecule has 18 heavy (non-hydrogen) atoms. The summed E-state index contributed by atoms with van der Waals surface area (Å²) in [5, 5.41) is 11.6. The van der Waals surface area contributed by atoms with Crippen molar-refractivity contribution in [1.82, 2.24) is 15.0 Å². The minimum Gasteiger partial charge on any atom is -0.467 e. The minimum atomic E-state index is 0.0676. The third-order valence-electron chi connectivity index (χ3n) is 2.08. The van der Waals surface area contributed by atoms with Crippen LogP contribution in [-0.4, -0.2) is 22.1 Å². The van der Waals surface area contributed by atoms with E-state index >= 15 is 0 Å². The summed E-state index contributed by atoms with van der Waals surface area (Å²) in [5.41, 5.74) is 6.82. The number of nitrogens with zero attached hydrogens (tertiary/aromatic N) is 4. The number of hydrogen-bond acceptors (Lipinski definition) is 7. The Bertz CT molecular complexity index is 589. The SMILES string of the molecule is COc1nc(N)nc(Nc2ccc(C#N)cc2)n1. The van der Waals surface area contributed by atoms with Crippen molar-refractivity contribution in [2.75, 3.05) is 18.2 Å². The molecule has 0 atom stereocenters. The second kappa shape index (κ2) is 4.97. The number of anilines is 3. The molecule has 0 saturated heterocycles. The third kappa shape index (κ3) is 2.62. The highest BCUT2D eigenvalue weighted by Crippen LogP contribution is 2.15. The summed E-state index contributed by atoms with van der Waals surface area (Å²) >= 11 is 0. The van der Waals surface area contributed by atoms with Gasteiger partial charge in [0, 0.05) is 5.69 Å². The van der Waals surface area contributed by atoms with Gasteiger partial charge in [0.25, 0.3) is 0 Å². The van der Waals surface area contributed by atoms with Gasteiger partial charge in [-0.25, -0.2) is 0 Å². The van der Waals surface area contributed by atoms with Crippen LogP contribution in [0.4, 0.5) is 17.6 Å². The van der Waals surface area contributed by atoms with E-state index in [9.17, 15) is 0 Å². The van der Waals surface area contributed by atoms with Crippen LogP contribution in [0.5, 0.6) is 6.01 Å². The number of methoxy groups -OCH3 is 1. The van der Waals surface area contributed by atoms with Crippen molar-refractivity contribution in [2.45, 2.75) is 0 Å². The molecule has 0 radical (unpaired) electrons. The van der Waals surface area contributed by atoms with E-state index in [1.54, 1.807) is 24.3 Å². The van der Waals surface area contributed by atoms with Crippen molar-refractivity contribution in [1.29, 1.82) is 5.26 Å². The molecule has 0 spiro atoms. The monoisotopic (exact) mass is 242 g/mol. The molecule has 2 rings (SSSR count). The van der Waals surface area contributed by atoms with Crippen LogP contribution >= 0.6 is 0 Å². The molecule has 2 aromatic rings. The summed E-state index contributed by atoms with van der Waals surface area (Å²) in [6, 6.07) is 9.03. The standard InChI is InChI=1S/C11H10N6O/c1-18-11-16-9(13)15-10(17-11)14-8-4-2-7(6-12)3-5-8/h2-5H,1H3,(H3,13,14,15,16,17). The Hall–Kier alpha value is -2.88. The Morgan fingerprint density at radius 2 is 1.94 bits per heavy atom. The van der Waals surface area contributed by atoms with Crippen molar-refractivity contribution in [3.05, 3.63) is 29.8 Å². The first-order chi connectivity index (χ1) is 8.71. The zero-order valence-electron chi connectivity index (χ0n) is 9.58. The van der Waals surface area contributed by atoms with E-state index in [0.717, 1.165) is 5.69 Å². The molecule has 0 unspecified atom stereocenters. The van der Waals surface area contributed by atoms with Gasteiger partial charge < -0.3 is 15.8 Å². The molecule has 90 valence electrons. The topological polar surface area (TPSA) is 110 Å². The molecule has 1 aromatic carbocycles. The highest BCUT2D eigenvalue weighted by molar-refractivity contribution is 5.55. The summed E-state index contributed by atoms with van der Waals surface area (Å²) in [6.45, 7) is 0. The number of nitrogens with one attached hydrogen (secondary N) is 1. The van der Waals surface area contributed by atoms with Crippen molar-refractivity contribution in [3.8, 4) is 12.1 Å². The molecule has 1 heterocycles. The fraction of sp³-hybridized carbons (Fsp3) is 0.0909. The molecule has 7 nitrogen and oxygen atoms in total. The molecule has 0 saturated carbocycles. The zero-order valence-corrected chi connectivity index (χ0v) is 9.58.